The van der Waals surface area contributed by atoms with Crippen LogP contribution < -0.4 is 10.2 Å². The highest BCUT2D eigenvalue weighted by Crippen LogP contribution is 2.15. The number of carbonyl (C=O) groups is 2. The minimum Gasteiger partial charge on any atom is -0.423 e. The molecule has 0 spiro atoms. The number of aryl methyl sites for hydroxylation is 1. The highest BCUT2D eigenvalue weighted by Gasteiger charge is 2.10. The molecule has 0 aliphatic heterocycles. The fourth-order valence-corrected chi connectivity index (χ4v) is 2.59. The van der Waals surface area contributed by atoms with Crippen molar-refractivity contribution in [3.8, 4) is 5.75 Å². The van der Waals surface area contributed by atoms with Crippen molar-refractivity contribution in [1.29, 1.82) is 0 Å². The Morgan fingerprint density at radius 3 is 2.32 bits per heavy atom. The molecule has 3 aromatic rings. The predicted molar refractivity (Wildman–Crippen MR) is 108 cm³/mol. The van der Waals surface area contributed by atoms with Crippen LogP contribution in [0.3, 0.4) is 0 Å². The fraction of sp³-hybridized carbons (Fsp3) is 0.0870. The molecule has 3 rings (SSSR count). The van der Waals surface area contributed by atoms with Crippen molar-refractivity contribution in [2.75, 3.05) is 0 Å². The molecular formula is C23H20N2O3. The van der Waals surface area contributed by atoms with Crippen LogP contribution in [-0.4, -0.2) is 18.1 Å². The second kappa shape index (κ2) is 9.28. The molecule has 0 atom stereocenters. The van der Waals surface area contributed by atoms with E-state index in [1.165, 1.54) is 6.21 Å². The van der Waals surface area contributed by atoms with E-state index in [1.807, 2.05) is 49.4 Å². The molecule has 5 heteroatoms. The van der Waals surface area contributed by atoms with Gasteiger partial charge in [0.05, 0.1) is 18.2 Å². The van der Waals surface area contributed by atoms with Crippen LogP contribution in [0.2, 0.25) is 0 Å². The summed E-state index contributed by atoms with van der Waals surface area (Å²) in [6.07, 6.45) is 1.81. The number of ether oxygens (including phenoxy) is 1. The van der Waals surface area contributed by atoms with Crippen LogP contribution in [0.25, 0.3) is 0 Å². The van der Waals surface area contributed by atoms with Crippen LogP contribution in [0, 0.1) is 6.92 Å². The number of hydrogen-bond donors (Lipinski definition) is 1. The maximum atomic E-state index is 12.2. The molecule has 3 aromatic carbocycles. The number of carbonyl (C=O) groups excluding carboxylic acids is 2. The smallest absolute Gasteiger partial charge is 0.343 e. The van der Waals surface area contributed by atoms with Crippen molar-refractivity contribution in [2.24, 2.45) is 5.10 Å². The Morgan fingerprint density at radius 2 is 1.61 bits per heavy atom. The van der Waals surface area contributed by atoms with Gasteiger partial charge >= 0.3 is 5.97 Å². The third-order valence-electron chi connectivity index (χ3n) is 4.07. The monoisotopic (exact) mass is 372 g/mol. The van der Waals surface area contributed by atoms with Crippen LogP contribution in [-0.2, 0) is 11.2 Å². The van der Waals surface area contributed by atoms with Gasteiger partial charge in [-0.2, -0.15) is 5.10 Å². The predicted octanol–water partition coefficient (Wildman–Crippen LogP) is 3.91. The molecule has 1 N–H and O–H groups in total. The number of rotatable bonds is 6. The van der Waals surface area contributed by atoms with Gasteiger partial charge in [-0.15, -0.1) is 0 Å². The normalized spacial score (nSPS) is 10.6. The van der Waals surface area contributed by atoms with Gasteiger partial charge in [-0.3, -0.25) is 4.79 Å². The molecule has 0 unspecified atom stereocenters. The minimum absolute atomic E-state index is 0.189. The minimum atomic E-state index is -0.396. The van der Waals surface area contributed by atoms with Crippen LogP contribution >= 0.6 is 0 Å². The average molecular weight is 372 g/mol. The van der Waals surface area contributed by atoms with E-state index in [0.717, 1.165) is 16.7 Å². The van der Waals surface area contributed by atoms with Crippen molar-refractivity contribution in [2.45, 2.75) is 13.3 Å². The van der Waals surface area contributed by atoms with Crippen molar-refractivity contribution >= 4 is 18.1 Å². The zero-order valence-electron chi connectivity index (χ0n) is 15.5. The molecule has 140 valence electrons. The summed E-state index contributed by atoms with van der Waals surface area (Å²) in [6.45, 7) is 1.86. The number of nitrogens with one attached hydrogen (secondary N) is 1. The largest absolute Gasteiger partial charge is 0.423 e. The van der Waals surface area contributed by atoms with Gasteiger partial charge in [-0.05, 0) is 53.9 Å². The summed E-state index contributed by atoms with van der Waals surface area (Å²) in [5.74, 6) is -0.141. The van der Waals surface area contributed by atoms with Gasteiger partial charge in [-0.25, -0.2) is 10.2 Å². The second-order valence-electron chi connectivity index (χ2n) is 6.23. The molecular weight excluding hydrogens is 352 g/mol. The summed E-state index contributed by atoms with van der Waals surface area (Å²) in [4.78, 5) is 24.1. The summed E-state index contributed by atoms with van der Waals surface area (Å²) in [7, 11) is 0. The van der Waals surface area contributed by atoms with Gasteiger partial charge in [0.1, 0.15) is 5.75 Å². The first-order chi connectivity index (χ1) is 13.6. The lowest BCUT2D eigenvalue weighted by atomic mass is 10.1. The number of amides is 1. The Balaban J connectivity index is 1.52. The van der Waals surface area contributed by atoms with Crippen LogP contribution in [0.1, 0.15) is 27.0 Å². The number of hydrogen-bond acceptors (Lipinski definition) is 4. The lowest BCUT2D eigenvalue weighted by Gasteiger charge is -2.06. The lowest BCUT2D eigenvalue weighted by molar-refractivity contribution is -0.120. The number of nitrogens with zero attached hydrogens (tertiary/aromatic N) is 1. The Kier molecular flexibility index (Phi) is 6.31. The summed E-state index contributed by atoms with van der Waals surface area (Å²) in [6, 6.07) is 23.6. The summed E-state index contributed by atoms with van der Waals surface area (Å²) in [5, 5.41) is 3.96. The number of benzene rings is 3. The van der Waals surface area contributed by atoms with E-state index in [2.05, 4.69) is 10.5 Å². The lowest BCUT2D eigenvalue weighted by Crippen LogP contribution is -2.19. The molecule has 0 heterocycles. The topological polar surface area (TPSA) is 67.8 Å². The molecule has 0 aliphatic rings. The van der Waals surface area contributed by atoms with Gasteiger partial charge in [0.15, 0.2) is 0 Å². The molecule has 0 saturated carbocycles. The maximum Gasteiger partial charge on any atom is 0.343 e. The maximum absolute atomic E-state index is 12.2. The highest BCUT2D eigenvalue weighted by atomic mass is 16.5. The van der Waals surface area contributed by atoms with Gasteiger partial charge in [0.25, 0.3) is 0 Å². The Bertz CT molecular complexity index is 980. The standard InChI is InChI=1S/C23H20N2O3/c1-17-7-5-6-10-21(17)23(27)28-20-13-11-19(12-14-20)16-24-25-22(26)15-18-8-3-2-4-9-18/h2-14,16H,15H2,1H3,(H,25,26)/b24-16+. The van der Waals surface area contributed by atoms with E-state index in [4.69, 9.17) is 4.74 Å². The first-order valence-corrected chi connectivity index (χ1v) is 8.85. The average Bonchev–Trinajstić information content (AvgIpc) is 2.70. The zero-order chi connectivity index (χ0) is 19.8. The number of esters is 1. The van der Waals surface area contributed by atoms with Crippen LogP contribution in [0.15, 0.2) is 84.0 Å². The Labute approximate surface area is 163 Å². The molecule has 28 heavy (non-hydrogen) atoms. The van der Waals surface area contributed by atoms with E-state index in [1.54, 1.807) is 36.4 Å². The summed E-state index contributed by atoms with van der Waals surface area (Å²) in [5.41, 5.74) is 5.60. The van der Waals surface area contributed by atoms with Crippen LogP contribution in [0.5, 0.6) is 5.75 Å². The van der Waals surface area contributed by atoms with Gasteiger partial charge in [-0.1, -0.05) is 48.5 Å². The quantitative estimate of drug-likeness (QED) is 0.309. The summed E-state index contributed by atoms with van der Waals surface area (Å²) < 4.78 is 5.39. The van der Waals surface area contributed by atoms with Gasteiger partial charge in [0.2, 0.25) is 5.91 Å². The van der Waals surface area contributed by atoms with Crippen molar-refractivity contribution in [1.82, 2.24) is 5.43 Å². The van der Waals surface area contributed by atoms with Crippen molar-refractivity contribution in [3.05, 3.63) is 101 Å². The third kappa shape index (κ3) is 5.38. The zero-order valence-corrected chi connectivity index (χ0v) is 15.5. The van der Waals surface area contributed by atoms with E-state index in [9.17, 15) is 9.59 Å². The van der Waals surface area contributed by atoms with E-state index in [-0.39, 0.29) is 12.3 Å². The molecule has 0 radical (unpaired) electrons. The number of hydrazone groups is 1. The van der Waals surface area contributed by atoms with E-state index in [0.29, 0.717) is 11.3 Å². The highest BCUT2D eigenvalue weighted by molar-refractivity contribution is 5.92. The molecule has 0 aliphatic carbocycles. The second-order valence-corrected chi connectivity index (χ2v) is 6.23. The van der Waals surface area contributed by atoms with Crippen molar-refractivity contribution < 1.29 is 14.3 Å². The first kappa shape index (κ1) is 19.0. The van der Waals surface area contributed by atoms with Gasteiger partial charge < -0.3 is 4.74 Å². The Morgan fingerprint density at radius 1 is 0.929 bits per heavy atom. The van der Waals surface area contributed by atoms with Crippen molar-refractivity contribution in [3.63, 3.8) is 0 Å². The molecule has 1 amide bonds. The van der Waals surface area contributed by atoms with E-state index >= 15 is 0 Å². The molecule has 0 saturated heterocycles. The summed E-state index contributed by atoms with van der Waals surface area (Å²) >= 11 is 0. The molecule has 0 aromatic heterocycles. The molecule has 5 nitrogen and oxygen atoms in total. The van der Waals surface area contributed by atoms with E-state index < -0.39 is 5.97 Å². The first-order valence-electron chi connectivity index (χ1n) is 8.85. The van der Waals surface area contributed by atoms with Crippen LogP contribution in [0.4, 0.5) is 0 Å². The van der Waals surface area contributed by atoms with Gasteiger partial charge in [0, 0.05) is 0 Å². The molecule has 0 bridgehead atoms. The molecule has 0 fully saturated rings. The SMILES string of the molecule is Cc1ccccc1C(=O)Oc1ccc(/C=N/NC(=O)Cc2ccccc2)cc1. The third-order valence-corrected chi connectivity index (χ3v) is 4.07. The Hall–Kier alpha value is -3.73. The fourth-order valence-electron chi connectivity index (χ4n) is 2.59.